The molecule has 2 aromatic heterocycles. The summed E-state index contributed by atoms with van der Waals surface area (Å²) in [4.78, 5) is 21.5. The van der Waals surface area contributed by atoms with Gasteiger partial charge in [-0.1, -0.05) is 20.8 Å². The van der Waals surface area contributed by atoms with E-state index in [0.29, 0.717) is 42.8 Å². The molecule has 7 nitrogen and oxygen atoms in total. The number of oxazole rings is 1. The fourth-order valence-corrected chi connectivity index (χ4v) is 3.67. The second-order valence-corrected chi connectivity index (χ2v) is 9.30. The van der Waals surface area contributed by atoms with Crippen molar-refractivity contribution in [3.05, 3.63) is 71.6 Å². The number of furan rings is 1. The van der Waals surface area contributed by atoms with Crippen molar-refractivity contribution in [2.45, 2.75) is 45.8 Å². The minimum Gasteiger partial charge on any atom is -0.486 e. The Hall–Kier alpha value is -3.13. The molecule has 0 atom stereocenters. The zero-order chi connectivity index (χ0) is 23.4. The van der Waals surface area contributed by atoms with E-state index in [4.69, 9.17) is 13.6 Å². The van der Waals surface area contributed by atoms with Gasteiger partial charge in [-0.25, -0.2) is 9.37 Å². The topological polar surface area (TPSA) is 72.0 Å². The van der Waals surface area contributed by atoms with E-state index in [-0.39, 0.29) is 23.7 Å². The van der Waals surface area contributed by atoms with Gasteiger partial charge in [-0.05, 0) is 42.8 Å². The van der Waals surface area contributed by atoms with E-state index in [1.54, 1.807) is 30.5 Å². The van der Waals surface area contributed by atoms with Crippen LogP contribution in [-0.2, 0) is 18.6 Å². The summed E-state index contributed by atoms with van der Waals surface area (Å²) in [5, 5.41) is 0. The van der Waals surface area contributed by atoms with E-state index in [9.17, 15) is 9.18 Å². The maximum atomic E-state index is 13.0. The fourth-order valence-electron chi connectivity index (χ4n) is 3.67. The molecule has 4 rings (SSSR count). The number of halogens is 1. The molecule has 0 saturated carbocycles. The van der Waals surface area contributed by atoms with Crippen LogP contribution in [0.4, 0.5) is 4.39 Å². The molecule has 0 radical (unpaired) electrons. The normalized spacial score (nSPS) is 15.5. The number of benzene rings is 1. The summed E-state index contributed by atoms with van der Waals surface area (Å²) >= 11 is 0. The first-order valence-electron chi connectivity index (χ1n) is 11.2. The molecule has 176 valence electrons. The molecule has 3 aromatic rings. The third kappa shape index (κ3) is 6.01. The quantitative estimate of drug-likeness (QED) is 0.540. The number of carbonyl (C=O) groups is 1. The summed E-state index contributed by atoms with van der Waals surface area (Å²) in [6.45, 7) is 9.96. The van der Waals surface area contributed by atoms with Gasteiger partial charge >= 0.3 is 0 Å². The van der Waals surface area contributed by atoms with Crippen LogP contribution in [-0.4, -0.2) is 46.9 Å². The average molecular weight is 456 g/mol. The van der Waals surface area contributed by atoms with Crippen LogP contribution < -0.4 is 4.74 Å². The molecule has 8 heteroatoms. The van der Waals surface area contributed by atoms with Crippen molar-refractivity contribution < 1.29 is 22.8 Å². The summed E-state index contributed by atoms with van der Waals surface area (Å²) in [6.07, 6.45) is 2.66. The van der Waals surface area contributed by atoms with Crippen molar-refractivity contribution in [3.63, 3.8) is 0 Å². The van der Waals surface area contributed by atoms with Crippen LogP contribution in [0.25, 0.3) is 0 Å². The standard InChI is InChI=1S/C25H30FN3O4/c1-25(2,3)22-15-27-23(33-22)16-28-11-4-12-29(14-13-28)24(30)21-10-9-20(32-21)17-31-19-7-5-18(26)6-8-19/h5-10,15H,4,11-14,16-17H2,1-3H3. The number of carbonyl (C=O) groups excluding carboxylic acids is 1. The van der Waals surface area contributed by atoms with Crippen molar-refractivity contribution in [3.8, 4) is 5.75 Å². The van der Waals surface area contributed by atoms with E-state index >= 15 is 0 Å². The van der Waals surface area contributed by atoms with E-state index in [0.717, 1.165) is 25.3 Å². The van der Waals surface area contributed by atoms with E-state index in [2.05, 4.69) is 30.7 Å². The van der Waals surface area contributed by atoms with Crippen LogP contribution in [0.15, 0.2) is 51.4 Å². The molecule has 1 amide bonds. The first kappa shape index (κ1) is 23.0. The highest BCUT2D eigenvalue weighted by atomic mass is 19.1. The Labute approximate surface area is 193 Å². The van der Waals surface area contributed by atoms with Crippen molar-refractivity contribution in [1.82, 2.24) is 14.8 Å². The molecule has 1 aliphatic heterocycles. The summed E-state index contributed by atoms with van der Waals surface area (Å²) < 4.78 is 30.2. The van der Waals surface area contributed by atoms with Crippen LogP contribution in [0.1, 0.15) is 55.2 Å². The van der Waals surface area contributed by atoms with Crippen LogP contribution >= 0.6 is 0 Å². The van der Waals surface area contributed by atoms with Crippen LogP contribution in [0.2, 0.25) is 0 Å². The lowest BCUT2D eigenvalue weighted by Gasteiger charge is -2.20. The molecule has 1 aromatic carbocycles. The molecule has 0 spiro atoms. The average Bonchev–Trinajstić information content (AvgIpc) is 3.39. The summed E-state index contributed by atoms with van der Waals surface area (Å²) in [7, 11) is 0. The molecule has 0 N–H and O–H groups in total. The highest BCUT2D eigenvalue weighted by molar-refractivity contribution is 5.91. The van der Waals surface area contributed by atoms with Gasteiger partial charge in [0.05, 0.1) is 12.7 Å². The second-order valence-electron chi connectivity index (χ2n) is 9.30. The third-order valence-corrected chi connectivity index (χ3v) is 5.59. The first-order valence-corrected chi connectivity index (χ1v) is 11.2. The van der Waals surface area contributed by atoms with Gasteiger partial charge in [0.2, 0.25) is 5.89 Å². The Morgan fingerprint density at radius 2 is 1.85 bits per heavy atom. The highest BCUT2D eigenvalue weighted by Crippen LogP contribution is 2.23. The fraction of sp³-hybridized carbons (Fsp3) is 0.440. The van der Waals surface area contributed by atoms with Gasteiger partial charge in [0.1, 0.15) is 29.7 Å². The molecule has 3 heterocycles. The zero-order valence-electron chi connectivity index (χ0n) is 19.3. The zero-order valence-corrected chi connectivity index (χ0v) is 19.3. The summed E-state index contributed by atoms with van der Waals surface area (Å²) in [6, 6.07) is 9.18. The minimum absolute atomic E-state index is 0.0702. The number of aromatic nitrogens is 1. The highest BCUT2D eigenvalue weighted by Gasteiger charge is 2.24. The van der Waals surface area contributed by atoms with Crippen LogP contribution in [0, 0.1) is 5.82 Å². The monoisotopic (exact) mass is 455 g/mol. The van der Waals surface area contributed by atoms with Crippen molar-refractivity contribution in [2.24, 2.45) is 0 Å². The van der Waals surface area contributed by atoms with Gasteiger partial charge in [-0.15, -0.1) is 0 Å². The molecule has 1 saturated heterocycles. The van der Waals surface area contributed by atoms with Gasteiger partial charge in [-0.3, -0.25) is 9.69 Å². The third-order valence-electron chi connectivity index (χ3n) is 5.59. The Bertz CT molecular complexity index is 1070. The minimum atomic E-state index is -0.320. The van der Waals surface area contributed by atoms with Crippen molar-refractivity contribution >= 4 is 5.91 Å². The molecule has 0 unspecified atom stereocenters. The maximum absolute atomic E-state index is 13.0. The maximum Gasteiger partial charge on any atom is 0.289 e. The van der Waals surface area contributed by atoms with Gasteiger partial charge in [0.15, 0.2) is 5.76 Å². The predicted molar refractivity (Wildman–Crippen MR) is 120 cm³/mol. The second kappa shape index (κ2) is 9.79. The Morgan fingerprint density at radius 3 is 2.58 bits per heavy atom. The van der Waals surface area contributed by atoms with E-state index < -0.39 is 0 Å². The number of nitrogens with zero attached hydrogens (tertiary/aromatic N) is 3. The molecule has 0 bridgehead atoms. The molecule has 1 aliphatic rings. The van der Waals surface area contributed by atoms with E-state index in [1.165, 1.54) is 12.1 Å². The Balaban J connectivity index is 1.29. The van der Waals surface area contributed by atoms with Gasteiger partial charge in [0, 0.05) is 31.6 Å². The van der Waals surface area contributed by atoms with Gasteiger partial charge < -0.3 is 18.5 Å². The molecular weight excluding hydrogens is 425 g/mol. The number of hydrogen-bond acceptors (Lipinski definition) is 6. The predicted octanol–water partition coefficient (Wildman–Crippen LogP) is 4.63. The molecule has 0 aliphatic carbocycles. The van der Waals surface area contributed by atoms with E-state index in [1.807, 2.05) is 4.90 Å². The lowest BCUT2D eigenvalue weighted by atomic mass is 9.94. The number of hydrogen-bond donors (Lipinski definition) is 0. The van der Waals surface area contributed by atoms with Crippen molar-refractivity contribution in [2.75, 3.05) is 26.2 Å². The van der Waals surface area contributed by atoms with Crippen LogP contribution in [0.3, 0.4) is 0 Å². The SMILES string of the molecule is CC(C)(C)c1cnc(CN2CCCN(C(=O)c3ccc(COc4ccc(F)cc4)o3)CC2)o1. The van der Waals surface area contributed by atoms with Crippen molar-refractivity contribution in [1.29, 1.82) is 0 Å². The lowest BCUT2D eigenvalue weighted by molar-refractivity contribution is 0.0724. The van der Waals surface area contributed by atoms with Crippen LogP contribution in [0.5, 0.6) is 5.75 Å². The van der Waals surface area contributed by atoms with Gasteiger partial charge in [0.25, 0.3) is 5.91 Å². The number of amides is 1. The molecular formula is C25H30FN3O4. The summed E-state index contributed by atoms with van der Waals surface area (Å²) in [5.41, 5.74) is -0.0702. The lowest BCUT2D eigenvalue weighted by Crippen LogP contribution is -2.35. The molecule has 33 heavy (non-hydrogen) atoms. The first-order chi connectivity index (χ1) is 15.8. The summed E-state index contributed by atoms with van der Waals surface area (Å²) in [5.74, 6) is 2.50. The smallest absolute Gasteiger partial charge is 0.289 e. The number of rotatable bonds is 6. The van der Waals surface area contributed by atoms with Gasteiger partial charge in [-0.2, -0.15) is 0 Å². The number of ether oxygens (including phenoxy) is 1. The largest absolute Gasteiger partial charge is 0.486 e. The Kier molecular flexibility index (Phi) is 6.83. The Morgan fingerprint density at radius 1 is 1.06 bits per heavy atom. The molecule has 1 fully saturated rings.